The molecule has 2 aromatic carbocycles. The van der Waals surface area contributed by atoms with Crippen molar-refractivity contribution in [3.05, 3.63) is 64.2 Å². The molecule has 0 atom stereocenters. The average Bonchev–Trinajstić information content (AvgIpc) is 2.56. The summed E-state index contributed by atoms with van der Waals surface area (Å²) in [6.45, 7) is 0. The number of hydrogen-bond acceptors (Lipinski definition) is 7. The van der Waals surface area contributed by atoms with E-state index < -0.39 is 21.0 Å². The van der Waals surface area contributed by atoms with Crippen molar-refractivity contribution in [2.75, 3.05) is 7.11 Å². The molecule has 9 heteroatoms. The van der Waals surface area contributed by atoms with Crippen LogP contribution in [0, 0.1) is 10.1 Å². The second-order valence-corrected chi connectivity index (χ2v) is 6.23. The van der Waals surface area contributed by atoms with Gasteiger partial charge >= 0.3 is 16.1 Å². The van der Waals surface area contributed by atoms with Crippen LogP contribution in [0.15, 0.2) is 53.4 Å². The second kappa shape index (κ2) is 7.09. The first-order chi connectivity index (χ1) is 11.3. The molecule has 0 unspecified atom stereocenters. The highest BCUT2D eigenvalue weighted by molar-refractivity contribution is 7.87. The molecule has 0 aliphatic heterocycles. The zero-order chi connectivity index (χ0) is 17.7. The van der Waals surface area contributed by atoms with Crippen molar-refractivity contribution in [3.63, 3.8) is 0 Å². The van der Waals surface area contributed by atoms with Crippen molar-refractivity contribution in [2.24, 2.45) is 0 Å². The monoisotopic (exact) mass is 351 g/mol. The molecule has 0 fully saturated rings. The van der Waals surface area contributed by atoms with Crippen LogP contribution in [0.1, 0.15) is 5.56 Å². The highest BCUT2D eigenvalue weighted by Crippen LogP contribution is 2.21. The lowest BCUT2D eigenvalue weighted by molar-refractivity contribution is -0.384. The molecule has 0 bridgehead atoms. The third-order valence-corrected chi connectivity index (χ3v) is 4.30. The maximum Gasteiger partial charge on any atom is 0.339 e. The molecule has 0 amide bonds. The fourth-order valence-corrected chi connectivity index (χ4v) is 2.74. The number of hydrogen-bond donors (Lipinski definition) is 0. The van der Waals surface area contributed by atoms with Crippen LogP contribution in [0.3, 0.4) is 0 Å². The van der Waals surface area contributed by atoms with Gasteiger partial charge < -0.3 is 8.92 Å². The number of benzene rings is 2. The molecule has 8 nitrogen and oxygen atoms in total. The number of nitro benzene ring substituents is 1. The van der Waals surface area contributed by atoms with Crippen molar-refractivity contribution < 1.29 is 27.1 Å². The van der Waals surface area contributed by atoms with E-state index in [-0.39, 0.29) is 22.8 Å². The van der Waals surface area contributed by atoms with Crippen molar-refractivity contribution in [1.82, 2.24) is 0 Å². The summed E-state index contributed by atoms with van der Waals surface area (Å²) >= 11 is 0. The van der Waals surface area contributed by atoms with Gasteiger partial charge in [0.25, 0.3) is 5.69 Å². The molecule has 0 N–H and O–H groups in total. The average molecular weight is 351 g/mol. The number of ether oxygens (including phenoxy) is 1. The van der Waals surface area contributed by atoms with E-state index in [2.05, 4.69) is 4.74 Å². The Labute approximate surface area is 137 Å². The van der Waals surface area contributed by atoms with Gasteiger partial charge in [0.1, 0.15) is 10.6 Å². The lowest BCUT2D eigenvalue weighted by Gasteiger charge is -2.07. The molecule has 0 heterocycles. The van der Waals surface area contributed by atoms with Crippen molar-refractivity contribution in [3.8, 4) is 5.75 Å². The van der Waals surface area contributed by atoms with E-state index in [1.165, 1.54) is 31.4 Å². The summed E-state index contributed by atoms with van der Waals surface area (Å²) in [4.78, 5) is 20.9. The quantitative estimate of drug-likeness (QED) is 0.339. The highest BCUT2D eigenvalue weighted by Gasteiger charge is 2.18. The summed E-state index contributed by atoms with van der Waals surface area (Å²) in [5, 5.41) is 10.6. The number of methoxy groups -OCH3 is 1. The molecule has 2 rings (SSSR count). The summed E-state index contributed by atoms with van der Waals surface area (Å²) in [5.74, 6) is -0.357. The number of esters is 1. The van der Waals surface area contributed by atoms with Crippen LogP contribution < -0.4 is 4.18 Å². The summed E-state index contributed by atoms with van der Waals surface area (Å²) in [6.07, 6.45) is 0.0614. The predicted molar refractivity (Wildman–Crippen MR) is 83.1 cm³/mol. The predicted octanol–water partition coefficient (Wildman–Crippen LogP) is 2.08. The Morgan fingerprint density at radius 3 is 2.17 bits per heavy atom. The lowest BCUT2D eigenvalue weighted by atomic mass is 10.1. The largest absolute Gasteiger partial charge is 0.469 e. The van der Waals surface area contributed by atoms with Gasteiger partial charge in [-0.3, -0.25) is 14.9 Å². The maximum atomic E-state index is 12.1. The lowest BCUT2D eigenvalue weighted by Crippen LogP contribution is -2.10. The minimum Gasteiger partial charge on any atom is -0.469 e. The normalized spacial score (nSPS) is 10.9. The Hall–Kier alpha value is -2.94. The number of non-ortho nitro benzene ring substituents is 1. The molecular weight excluding hydrogens is 338 g/mol. The van der Waals surface area contributed by atoms with E-state index >= 15 is 0 Å². The first-order valence-electron chi connectivity index (χ1n) is 6.66. The van der Waals surface area contributed by atoms with E-state index in [4.69, 9.17) is 4.18 Å². The minimum absolute atomic E-state index is 0.0574. The van der Waals surface area contributed by atoms with Gasteiger partial charge in [-0.25, -0.2) is 0 Å². The number of nitro groups is 1. The zero-order valence-corrected chi connectivity index (χ0v) is 13.4. The molecule has 0 aliphatic rings. The number of nitrogens with zero attached hydrogens (tertiary/aromatic N) is 1. The van der Waals surface area contributed by atoms with Gasteiger partial charge in [-0.1, -0.05) is 12.1 Å². The van der Waals surface area contributed by atoms with Crippen LogP contribution >= 0.6 is 0 Å². The van der Waals surface area contributed by atoms with Gasteiger partial charge in [0, 0.05) is 12.1 Å². The van der Waals surface area contributed by atoms with Crippen LogP contribution in [-0.2, 0) is 26.1 Å². The smallest absolute Gasteiger partial charge is 0.339 e. The third-order valence-electron chi connectivity index (χ3n) is 3.04. The highest BCUT2D eigenvalue weighted by atomic mass is 32.2. The van der Waals surface area contributed by atoms with Crippen LogP contribution in [-0.4, -0.2) is 26.4 Å². The molecule has 2 aromatic rings. The molecule has 24 heavy (non-hydrogen) atoms. The number of carbonyl (C=O) groups excluding carboxylic acids is 1. The summed E-state index contributed by atoms with van der Waals surface area (Å²) < 4.78 is 33.7. The van der Waals surface area contributed by atoms with E-state index in [9.17, 15) is 23.3 Å². The Morgan fingerprint density at radius 2 is 1.67 bits per heavy atom. The molecular formula is C15H13NO7S. The molecule has 0 saturated carbocycles. The third kappa shape index (κ3) is 4.29. The van der Waals surface area contributed by atoms with Gasteiger partial charge in [-0.2, -0.15) is 8.42 Å². The molecule has 126 valence electrons. The number of carbonyl (C=O) groups is 1. The van der Waals surface area contributed by atoms with Crippen molar-refractivity contribution in [1.29, 1.82) is 0 Å². The fourth-order valence-electron chi connectivity index (χ4n) is 1.81. The van der Waals surface area contributed by atoms with E-state index in [1.54, 1.807) is 0 Å². The first-order valence-corrected chi connectivity index (χ1v) is 8.07. The van der Waals surface area contributed by atoms with Crippen LogP contribution in [0.25, 0.3) is 0 Å². The maximum absolute atomic E-state index is 12.1. The Morgan fingerprint density at radius 1 is 1.08 bits per heavy atom. The Balaban J connectivity index is 2.13. The minimum atomic E-state index is -4.11. The fraction of sp³-hybridized carbons (Fsp3) is 0.133. The van der Waals surface area contributed by atoms with E-state index in [0.717, 1.165) is 24.3 Å². The molecule has 0 aliphatic carbocycles. The molecule has 0 saturated heterocycles. The molecule has 0 radical (unpaired) electrons. The summed E-state index contributed by atoms with van der Waals surface area (Å²) in [7, 11) is -2.84. The Bertz CT molecular complexity index is 842. The van der Waals surface area contributed by atoms with Crippen molar-refractivity contribution in [2.45, 2.75) is 11.3 Å². The topological polar surface area (TPSA) is 113 Å². The molecule has 0 spiro atoms. The van der Waals surface area contributed by atoms with Gasteiger partial charge in [0.05, 0.1) is 18.5 Å². The molecule has 0 aromatic heterocycles. The van der Waals surface area contributed by atoms with Gasteiger partial charge in [0.15, 0.2) is 0 Å². The summed E-state index contributed by atoms with van der Waals surface area (Å²) in [6, 6.07) is 10.2. The van der Waals surface area contributed by atoms with Crippen LogP contribution in [0.2, 0.25) is 0 Å². The van der Waals surface area contributed by atoms with Gasteiger partial charge in [-0.05, 0) is 29.8 Å². The SMILES string of the molecule is COC(=O)Cc1ccc(OS(=O)(=O)c2ccc([N+](=O)[O-])cc2)cc1. The van der Waals surface area contributed by atoms with Crippen LogP contribution in [0.5, 0.6) is 5.75 Å². The van der Waals surface area contributed by atoms with Crippen LogP contribution in [0.4, 0.5) is 5.69 Å². The Kier molecular flexibility index (Phi) is 5.14. The standard InChI is InChI=1S/C15H13NO7S/c1-22-15(17)10-11-2-6-13(7-3-11)23-24(20,21)14-8-4-12(5-9-14)16(18)19/h2-9H,10H2,1H3. The first kappa shape index (κ1) is 17.4. The van der Waals surface area contributed by atoms with Gasteiger partial charge in [-0.15, -0.1) is 0 Å². The van der Waals surface area contributed by atoms with Gasteiger partial charge in [0.2, 0.25) is 0 Å². The summed E-state index contributed by atoms with van der Waals surface area (Å²) in [5.41, 5.74) is 0.419. The van der Waals surface area contributed by atoms with E-state index in [1.807, 2.05) is 0 Å². The zero-order valence-electron chi connectivity index (χ0n) is 12.5. The number of rotatable bonds is 6. The second-order valence-electron chi connectivity index (χ2n) is 4.69. The van der Waals surface area contributed by atoms with E-state index in [0.29, 0.717) is 5.56 Å². The van der Waals surface area contributed by atoms with Crippen molar-refractivity contribution >= 4 is 21.8 Å².